The topological polar surface area (TPSA) is 17.3 Å². The van der Waals surface area contributed by atoms with E-state index >= 15 is 0 Å². The van der Waals surface area contributed by atoms with Crippen molar-refractivity contribution in [3.63, 3.8) is 0 Å². The minimum atomic E-state index is 0.575. The van der Waals surface area contributed by atoms with Crippen LogP contribution in [0.2, 0.25) is 0 Å². The molecule has 0 unspecified atom stereocenters. The molecule has 0 amide bonds. The lowest BCUT2D eigenvalue weighted by molar-refractivity contribution is 0.496. The summed E-state index contributed by atoms with van der Waals surface area (Å²) in [5.41, 5.74) is 3.79. The molecular weight excluding hydrogens is 276 g/mol. The van der Waals surface area contributed by atoms with Crippen LogP contribution in [0.4, 0.5) is 5.69 Å². The molecule has 1 aliphatic rings. The Balaban J connectivity index is 1.96. The van der Waals surface area contributed by atoms with Gasteiger partial charge in [-0.2, -0.15) is 0 Å². The fraction of sp³-hybridized carbons (Fsp3) is 0.500. The molecule has 1 aliphatic carbocycles. The maximum Gasteiger partial charge on any atom is 0.190 e. The average molecular weight is 300 g/mol. The fourth-order valence-electron chi connectivity index (χ4n) is 3.13. The molecule has 1 aromatic heterocycles. The normalized spacial score (nSPS) is 17.0. The van der Waals surface area contributed by atoms with Crippen LogP contribution < -0.4 is 4.80 Å². The summed E-state index contributed by atoms with van der Waals surface area (Å²) in [4.78, 5) is 6.04. The first-order valence-electron chi connectivity index (χ1n) is 7.96. The zero-order chi connectivity index (χ0) is 14.8. The van der Waals surface area contributed by atoms with Gasteiger partial charge in [0.25, 0.3) is 0 Å². The highest BCUT2D eigenvalue weighted by atomic mass is 32.1. The van der Waals surface area contributed by atoms with Gasteiger partial charge >= 0.3 is 0 Å². The van der Waals surface area contributed by atoms with Gasteiger partial charge in [0, 0.05) is 17.1 Å². The SMILES string of the molecule is Cc1csc(=Nc2ccc(C(C)C)cc2)n1C1CCCC1. The standard InChI is InChI=1S/C18H24N2S/c1-13(2)15-8-10-16(11-9-15)19-18-20(14(3)12-21-18)17-6-4-5-7-17/h8-13,17H,4-7H2,1-3H3. The lowest BCUT2D eigenvalue weighted by Gasteiger charge is -2.13. The Bertz CT molecular complexity index is 655. The molecular formula is C18H24N2S. The van der Waals surface area contributed by atoms with Gasteiger partial charge in [-0.15, -0.1) is 11.3 Å². The van der Waals surface area contributed by atoms with E-state index in [0.29, 0.717) is 12.0 Å². The van der Waals surface area contributed by atoms with E-state index in [4.69, 9.17) is 4.99 Å². The second-order valence-electron chi connectivity index (χ2n) is 6.33. The summed E-state index contributed by atoms with van der Waals surface area (Å²) in [6.45, 7) is 6.65. The Morgan fingerprint density at radius 1 is 1.14 bits per heavy atom. The van der Waals surface area contributed by atoms with Crippen LogP contribution in [0.1, 0.15) is 62.7 Å². The Kier molecular flexibility index (Phi) is 4.29. The van der Waals surface area contributed by atoms with E-state index in [1.54, 1.807) is 11.3 Å². The third-order valence-corrected chi connectivity index (χ3v) is 5.35. The van der Waals surface area contributed by atoms with E-state index < -0.39 is 0 Å². The molecule has 0 saturated heterocycles. The van der Waals surface area contributed by atoms with Crippen LogP contribution in [0.25, 0.3) is 0 Å². The van der Waals surface area contributed by atoms with Crippen LogP contribution in [0.15, 0.2) is 34.6 Å². The van der Waals surface area contributed by atoms with Crippen LogP contribution in [0.5, 0.6) is 0 Å². The highest BCUT2D eigenvalue weighted by molar-refractivity contribution is 7.07. The number of nitrogens with zero attached hydrogens (tertiary/aromatic N) is 2. The Hall–Kier alpha value is -1.35. The second-order valence-corrected chi connectivity index (χ2v) is 7.16. The quantitative estimate of drug-likeness (QED) is 0.729. The summed E-state index contributed by atoms with van der Waals surface area (Å²) in [5.74, 6) is 0.575. The van der Waals surface area contributed by atoms with E-state index in [1.165, 1.54) is 36.9 Å². The van der Waals surface area contributed by atoms with Crippen molar-refractivity contribution >= 4 is 17.0 Å². The minimum absolute atomic E-state index is 0.575. The van der Waals surface area contributed by atoms with E-state index in [0.717, 1.165) is 10.5 Å². The van der Waals surface area contributed by atoms with E-state index in [2.05, 4.69) is 55.0 Å². The molecule has 1 heterocycles. The summed E-state index contributed by atoms with van der Waals surface area (Å²) in [5, 5.41) is 2.24. The molecule has 0 atom stereocenters. The van der Waals surface area contributed by atoms with Crippen molar-refractivity contribution in [2.45, 2.75) is 58.4 Å². The smallest absolute Gasteiger partial charge is 0.190 e. The highest BCUT2D eigenvalue weighted by Gasteiger charge is 2.19. The van der Waals surface area contributed by atoms with Gasteiger partial charge in [0.1, 0.15) is 0 Å². The predicted molar refractivity (Wildman–Crippen MR) is 90.3 cm³/mol. The summed E-state index contributed by atoms with van der Waals surface area (Å²) < 4.78 is 2.45. The van der Waals surface area contributed by atoms with Gasteiger partial charge in [-0.3, -0.25) is 0 Å². The molecule has 3 rings (SSSR count). The van der Waals surface area contributed by atoms with E-state index in [-0.39, 0.29) is 0 Å². The summed E-state index contributed by atoms with van der Waals surface area (Å²) >= 11 is 1.76. The molecule has 0 spiro atoms. The summed E-state index contributed by atoms with van der Waals surface area (Å²) in [6, 6.07) is 9.34. The van der Waals surface area contributed by atoms with Gasteiger partial charge in [-0.05, 0) is 43.4 Å². The van der Waals surface area contributed by atoms with Crippen LogP contribution in [-0.2, 0) is 0 Å². The highest BCUT2D eigenvalue weighted by Crippen LogP contribution is 2.30. The fourth-order valence-corrected chi connectivity index (χ4v) is 4.09. The Morgan fingerprint density at radius 2 is 1.81 bits per heavy atom. The largest absolute Gasteiger partial charge is 0.318 e. The molecule has 21 heavy (non-hydrogen) atoms. The predicted octanol–water partition coefficient (Wildman–Crippen LogP) is 5.33. The first-order chi connectivity index (χ1) is 10.1. The number of benzene rings is 1. The molecule has 0 aliphatic heterocycles. The zero-order valence-corrected chi connectivity index (χ0v) is 14.0. The average Bonchev–Trinajstić information content (AvgIpc) is 3.09. The molecule has 1 fully saturated rings. The monoisotopic (exact) mass is 300 g/mol. The van der Waals surface area contributed by atoms with Gasteiger partial charge in [0.2, 0.25) is 0 Å². The molecule has 2 nitrogen and oxygen atoms in total. The van der Waals surface area contributed by atoms with Crippen molar-refractivity contribution in [3.8, 4) is 0 Å². The minimum Gasteiger partial charge on any atom is -0.318 e. The van der Waals surface area contributed by atoms with Gasteiger partial charge in [0.15, 0.2) is 4.80 Å². The Morgan fingerprint density at radius 3 is 2.43 bits per heavy atom. The number of rotatable bonds is 3. The lowest BCUT2D eigenvalue weighted by atomic mass is 10.0. The first kappa shape index (κ1) is 14.6. The molecule has 2 aromatic rings. The van der Waals surface area contributed by atoms with Crippen molar-refractivity contribution in [2.24, 2.45) is 4.99 Å². The van der Waals surface area contributed by atoms with Crippen molar-refractivity contribution in [3.05, 3.63) is 45.7 Å². The number of aromatic nitrogens is 1. The molecule has 0 bridgehead atoms. The lowest BCUT2D eigenvalue weighted by Crippen LogP contribution is -2.20. The Labute approximate surface area is 131 Å². The second kappa shape index (κ2) is 6.18. The first-order valence-corrected chi connectivity index (χ1v) is 8.84. The third-order valence-electron chi connectivity index (χ3n) is 4.40. The molecule has 1 aromatic carbocycles. The number of thiazole rings is 1. The van der Waals surface area contributed by atoms with Crippen LogP contribution in [-0.4, -0.2) is 4.57 Å². The third kappa shape index (κ3) is 3.13. The molecule has 3 heteroatoms. The van der Waals surface area contributed by atoms with Crippen LogP contribution >= 0.6 is 11.3 Å². The van der Waals surface area contributed by atoms with Crippen molar-refractivity contribution in [1.29, 1.82) is 0 Å². The summed E-state index contributed by atoms with van der Waals surface area (Å²) in [7, 11) is 0. The summed E-state index contributed by atoms with van der Waals surface area (Å²) in [6.07, 6.45) is 5.32. The maximum absolute atomic E-state index is 4.89. The van der Waals surface area contributed by atoms with Crippen molar-refractivity contribution in [2.75, 3.05) is 0 Å². The molecule has 0 N–H and O–H groups in total. The van der Waals surface area contributed by atoms with Gasteiger partial charge < -0.3 is 4.57 Å². The molecule has 0 radical (unpaired) electrons. The van der Waals surface area contributed by atoms with Crippen molar-refractivity contribution < 1.29 is 0 Å². The van der Waals surface area contributed by atoms with Gasteiger partial charge in [-0.25, -0.2) is 4.99 Å². The number of hydrogen-bond donors (Lipinski definition) is 0. The zero-order valence-electron chi connectivity index (χ0n) is 13.2. The number of aryl methyl sites for hydroxylation is 1. The molecule has 1 saturated carbocycles. The van der Waals surface area contributed by atoms with Crippen molar-refractivity contribution in [1.82, 2.24) is 4.57 Å². The molecule has 112 valence electrons. The van der Waals surface area contributed by atoms with E-state index in [9.17, 15) is 0 Å². The van der Waals surface area contributed by atoms with Crippen LogP contribution in [0.3, 0.4) is 0 Å². The maximum atomic E-state index is 4.89. The van der Waals surface area contributed by atoms with Gasteiger partial charge in [0.05, 0.1) is 5.69 Å². The van der Waals surface area contributed by atoms with E-state index in [1.807, 2.05) is 0 Å². The van der Waals surface area contributed by atoms with Gasteiger partial charge in [-0.1, -0.05) is 38.8 Å². The van der Waals surface area contributed by atoms with Crippen LogP contribution in [0, 0.1) is 6.92 Å². The number of hydrogen-bond acceptors (Lipinski definition) is 2.